The van der Waals surface area contributed by atoms with E-state index in [4.69, 9.17) is 18.0 Å². The van der Waals surface area contributed by atoms with Crippen LogP contribution in [0.1, 0.15) is 20.7 Å². The summed E-state index contributed by atoms with van der Waals surface area (Å²) < 4.78 is 9.27. The van der Waals surface area contributed by atoms with Crippen LogP contribution in [0.4, 0.5) is 11.4 Å². The van der Waals surface area contributed by atoms with Crippen LogP contribution in [0.3, 0.4) is 0 Å². The van der Waals surface area contributed by atoms with Crippen molar-refractivity contribution < 1.29 is 24.0 Å². The number of ether oxygens (including phenoxy) is 2. The van der Waals surface area contributed by atoms with Gasteiger partial charge < -0.3 is 25.2 Å². The van der Waals surface area contributed by atoms with Crippen LogP contribution in [0.15, 0.2) is 24.5 Å². The van der Waals surface area contributed by atoms with Crippen LogP contribution in [0.25, 0.3) is 0 Å². The highest BCUT2D eigenvalue weighted by Crippen LogP contribution is 2.14. The topological polar surface area (TPSA) is 153 Å². The molecule has 0 saturated carbocycles. The Hall–Kier alpha value is -3.12. The van der Waals surface area contributed by atoms with Crippen LogP contribution in [-0.4, -0.2) is 41.0 Å². The molecule has 0 aliphatic rings. The first-order chi connectivity index (χ1) is 12.2. The minimum atomic E-state index is -0.661. The number of esters is 2. The molecule has 2 aromatic heterocycles. The van der Waals surface area contributed by atoms with E-state index in [0.717, 1.165) is 6.07 Å². The van der Waals surface area contributed by atoms with Crippen molar-refractivity contribution in [2.45, 2.75) is 0 Å². The van der Waals surface area contributed by atoms with Gasteiger partial charge in [0.05, 0.1) is 36.0 Å². The summed E-state index contributed by atoms with van der Waals surface area (Å²) in [6.07, 6.45) is 2.73. The van der Waals surface area contributed by atoms with Crippen molar-refractivity contribution in [1.29, 1.82) is 0 Å². The molecular formula is C14H14N4O6S2. The molecule has 0 atom stereocenters. The molecule has 0 radical (unpaired) electrons. The lowest BCUT2D eigenvalue weighted by molar-refractivity contribution is -0.385. The first kappa shape index (κ1) is 20.9. The lowest BCUT2D eigenvalue weighted by atomic mass is 10.3. The maximum atomic E-state index is 11.0. The van der Waals surface area contributed by atoms with Crippen LogP contribution >= 0.6 is 24.4 Å². The van der Waals surface area contributed by atoms with Gasteiger partial charge in [0.2, 0.25) is 0 Å². The molecule has 0 aliphatic heterocycles. The van der Waals surface area contributed by atoms with E-state index in [1.165, 1.54) is 32.7 Å². The highest BCUT2D eigenvalue weighted by molar-refractivity contribution is 7.71. The number of hydrogen-bond acceptors (Lipinski definition) is 9. The Morgan fingerprint density at radius 1 is 1.04 bits per heavy atom. The van der Waals surface area contributed by atoms with Crippen LogP contribution in [0, 0.1) is 19.4 Å². The van der Waals surface area contributed by atoms with E-state index < -0.39 is 16.9 Å². The lowest BCUT2D eigenvalue weighted by Gasteiger charge is -1.99. The predicted octanol–water partition coefficient (Wildman–Crippen LogP) is 2.55. The third-order valence-electron chi connectivity index (χ3n) is 2.85. The number of nitrogens with one attached hydrogen (secondary N) is 2. The molecule has 2 rings (SSSR count). The number of aromatic amines is 2. The smallest absolute Gasteiger partial charge is 0.339 e. The monoisotopic (exact) mass is 398 g/mol. The van der Waals surface area contributed by atoms with E-state index in [1.54, 1.807) is 0 Å². The number of nitro groups is 1. The summed E-state index contributed by atoms with van der Waals surface area (Å²) in [5.74, 6) is -1.09. The SMILES string of the molecule is COC(=O)c1c[nH]c(=S)c(N)c1.COC(=O)c1c[nH]c(=S)c([N+](=O)[O-])c1. The molecule has 2 heterocycles. The van der Waals surface area contributed by atoms with E-state index in [2.05, 4.69) is 31.7 Å². The maximum Gasteiger partial charge on any atom is 0.339 e. The Bertz CT molecular complexity index is 953. The van der Waals surface area contributed by atoms with E-state index >= 15 is 0 Å². The molecule has 0 aliphatic carbocycles. The molecule has 0 bridgehead atoms. The van der Waals surface area contributed by atoms with Crippen LogP contribution in [-0.2, 0) is 9.47 Å². The summed E-state index contributed by atoms with van der Waals surface area (Å²) in [5, 5.41) is 10.5. The quantitative estimate of drug-likeness (QED) is 0.306. The Labute approximate surface area is 157 Å². The van der Waals surface area contributed by atoms with Gasteiger partial charge in [0.25, 0.3) is 0 Å². The van der Waals surface area contributed by atoms with Crippen molar-refractivity contribution in [1.82, 2.24) is 9.97 Å². The molecule has 10 nitrogen and oxygen atoms in total. The summed E-state index contributed by atoms with van der Waals surface area (Å²) in [5.41, 5.74) is 5.95. The number of hydrogen-bond donors (Lipinski definition) is 3. The van der Waals surface area contributed by atoms with Gasteiger partial charge in [-0.25, -0.2) is 9.59 Å². The molecule has 2 aromatic rings. The fraction of sp³-hybridized carbons (Fsp3) is 0.143. The maximum absolute atomic E-state index is 11.0. The molecule has 0 saturated heterocycles. The van der Waals surface area contributed by atoms with Gasteiger partial charge in [0.1, 0.15) is 4.64 Å². The average Bonchev–Trinajstić information content (AvgIpc) is 2.63. The first-order valence-corrected chi connectivity index (χ1v) is 7.54. The number of nitrogens with zero attached hydrogens (tertiary/aromatic N) is 1. The van der Waals surface area contributed by atoms with Crippen molar-refractivity contribution in [3.05, 3.63) is 55.0 Å². The van der Waals surface area contributed by atoms with Gasteiger partial charge >= 0.3 is 17.6 Å². The zero-order valence-electron chi connectivity index (χ0n) is 13.6. The number of aromatic nitrogens is 2. The minimum absolute atomic E-state index is 0.0253. The fourth-order valence-corrected chi connectivity index (χ4v) is 1.89. The molecule has 0 unspecified atom stereocenters. The lowest BCUT2D eigenvalue weighted by Crippen LogP contribution is -2.03. The van der Waals surface area contributed by atoms with Gasteiger partial charge in [-0.2, -0.15) is 0 Å². The Morgan fingerprint density at radius 2 is 1.50 bits per heavy atom. The minimum Gasteiger partial charge on any atom is -0.465 e. The van der Waals surface area contributed by atoms with Crippen LogP contribution in [0.2, 0.25) is 0 Å². The average molecular weight is 398 g/mol. The third-order valence-corrected chi connectivity index (χ3v) is 3.54. The van der Waals surface area contributed by atoms with Gasteiger partial charge in [-0.1, -0.05) is 24.4 Å². The number of anilines is 1. The second-order valence-electron chi connectivity index (χ2n) is 4.52. The van der Waals surface area contributed by atoms with Crippen molar-refractivity contribution in [2.24, 2.45) is 0 Å². The largest absolute Gasteiger partial charge is 0.465 e. The van der Waals surface area contributed by atoms with Gasteiger partial charge in [-0.05, 0) is 6.07 Å². The van der Waals surface area contributed by atoms with Gasteiger partial charge in [-0.15, -0.1) is 0 Å². The van der Waals surface area contributed by atoms with Crippen LogP contribution in [0.5, 0.6) is 0 Å². The number of nitrogen functional groups attached to an aromatic ring is 1. The zero-order chi connectivity index (χ0) is 19.9. The summed E-state index contributed by atoms with van der Waals surface area (Å²) in [7, 11) is 2.50. The highest BCUT2D eigenvalue weighted by atomic mass is 32.1. The Kier molecular flexibility index (Phi) is 7.55. The van der Waals surface area contributed by atoms with Crippen molar-refractivity contribution >= 4 is 47.7 Å². The normalized spacial score (nSPS) is 9.46. The van der Waals surface area contributed by atoms with Crippen LogP contribution < -0.4 is 5.73 Å². The number of H-pyrrole nitrogens is 2. The second-order valence-corrected chi connectivity index (χ2v) is 5.33. The fourth-order valence-electron chi connectivity index (χ4n) is 1.58. The Morgan fingerprint density at radius 3 is 1.92 bits per heavy atom. The number of carbonyl (C=O) groups is 2. The molecular weight excluding hydrogens is 384 g/mol. The molecule has 0 amide bonds. The summed E-state index contributed by atoms with van der Waals surface area (Å²) >= 11 is 9.46. The zero-order valence-corrected chi connectivity index (χ0v) is 15.2. The van der Waals surface area contributed by atoms with Gasteiger partial charge in [0, 0.05) is 18.5 Å². The second kappa shape index (κ2) is 9.39. The third kappa shape index (κ3) is 5.46. The summed E-state index contributed by atoms with van der Waals surface area (Å²) in [4.78, 5) is 36.8. The molecule has 12 heteroatoms. The van der Waals surface area contributed by atoms with E-state index in [1.807, 2.05) is 0 Å². The van der Waals surface area contributed by atoms with Crippen molar-refractivity contribution in [3.8, 4) is 0 Å². The van der Waals surface area contributed by atoms with E-state index in [-0.39, 0.29) is 15.9 Å². The van der Waals surface area contributed by atoms with E-state index in [0.29, 0.717) is 15.9 Å². The summed E-state index contributed by atoms with van der Waals surface area (Å²) in [6.45, 7) is 0. The number of rotatable bonds is 3. The molecule has 26 heavy (non-hydrogen) atoms. The first-order valence-electron chi connectivity index (χ1n) is 6.73. The molecule has 0 spiro atoms. The number of pyridine rings is 2. The molecule has 0 fully saturated rings. The van der Waals surface area contributed by atoms with Crippen molar-refractivity contribution in [3.63, 3.8) is 0 Å². The standard InChI is InChI=1S/C7H6N2O4S.C7H8N2O2S/c1-13-7(10)4-2-5(9(11)12)6(14)8-3-4;1-11-7(10)4-2-5(8)6(12)9-3-4/h2-3H,1H3,(H,8,14);2-3H,8H2,1H3,(H,9,12). The van der Waals surface area contributed by atoms with Crippen molar-refractivity contribution in [2.75, 3.05) is 20.0 Å². The summed E-state index contributed by atoms with van der Waals surface area (Å²) in [6, 6.07) is 2.55. The van der Waals surface area contributed by atoms with Gasteiger partial charge in [0.15, 0.2) is 4.64 Å². The number of carbonyl (C=O) groups excluding carboxylic acids is 2. The van der Waals surface area contributed by atoms with E-state index in [9.17, 15) is 19.7 Å². The number of methoxy groups -OCH3 is 2. The molecule has 4 N–H and O–H groups in total. The molecule has 138 valence electrons. The predicted molar refractivity (Wildman–Crippen MR) is 97.0 cm³/mol. The highest BCUT2D eigenvalue weighted by Gasteiger charge is 2.14. The number of nitrogens with two attached hydrogens (primary N) is 1. The van der Waals surface area contributed by atoms with Gasteiger partial charge in [-0.3, -0.25) is 10.1 Å². The Balaban J connectivity index is 0.000000263. The molecule has 0 aromatic carbocycles.